The van der Waals surface area contributed by atoms with Gasteiger partial charge in [0.15, 0.2) is 11.5 Å². The quantitative estimate of drug-likeness (QED) is 0.757. The zero-order valence-electron chi connectivity index (χ0n) is 13.7. The van der Waals surface area contributed by atoms with Crippen LogP contribution in [0.25, 0.3) is 0 Å². The van der Waals surface area contributed by atoms with Crippen LogP contribution >= 0.6 is 0 Å². The first kappa shape index (κ1) is 17.7. The molecule has 3 N–H and O–H groups in total. The Bertz CT molecular complexity index is 815. The van der Waals surface area contributed by atoms with Crippen molar-refractivity contribution in [1.82, 2.24) is 5.32 Å². The summed E-state index contributed by atoms with van der Waals surface area (Å²) in [7, 11) is 1.48. The second kappa shape index (κ2) is 7.04. The molecule has 7 nitrogen and oxygen atoms in total. The van der Waals surface area contributed by atoms with Crippen LogP contribution in [0.4, 0.5) is 19.3 Å². The van der Waals surface area contributed by atoms with Gasteiger partial charge in [0.1, 0.15) is 5.75 Å². The smallest absolute Gasteiger partial charge is 0.496 e. The molecule has 1 aliphatic heterocycles. The van der Waals surface area contributed by atoms with Crippen molar-refractivity contribution >= 4 is 11.7 Å². The average molecular weight is 366 g/mol. The van der Waals surface area contributed by atoms with Crippen LogP contribution in [-0.2, 0) is 0 Å². The molecule has 0 bridgehead atoms. The Balaban J connectivity index is 1.57. The van der Waals surface area contributed by atoms with Gasteiger partial charge in [-0.2, -0.15) is 0 Å². The fourth-order valence-electron chi connectivity index (χ4n) is 2.44. The van der Waals surface area contributed by atoms with Crippen molar-refractivity contribution in [1.29, 1.82) is 0 Å². The highest BCUT2D eigenvalue weighted by Crippen LogP contribution is 2.42. The van der Waals surface area contributed by atoms with Crippen molar-refractivity contribution in [3.05, 3.63) is 48.0 Å². The summed E-state index contributed by atoms with van der Waals surface area (Å²) in [6, 6.07) is 10.1. The van der Waals surface area contributed by atoms with E-state index in [4.69, 9.17) is 4.74 Å². The lowest BCUT2D eigenvalue weighted by atomic mass is 10.1. The van der Waals surface area contributed by atoms with E-state index in [0.717, 1.165) is 0 Å². The third-order valence-electron chi connectivity index (χ3n) is 3.61. The summed E-state index contributed by atoms with van der Waals surface area (Å²) in [6.45, 7) is -0.0746. The molecular formula is C17H16F2N2O5. The lowest BCUT2D eigenvalue weighted by molar-refractivity contribution is -0.286. The Kier molecular flexibility index (Phi) is 4.81. The van der Waals surface area contributed by atoms with E-state index in [-0.39, 0.29) is 23.7 Å². The molecule has 9 heteroatoms. The van der Waals surface area contributed by atoms with E-state index >= 15 is 0 Å². The summed E-state index contributed by atoms with van der Waals surface area (Å²) in [4.78, 5) is 11.9. The normalized spacial score (nSPS) is 15.2. The number of ether oxygens (including phenoxy) is 3. The van der Waals surface area contributed by atoms with E-state index < -0.39 is 18.4 Å². The molecule has 1 atom stereocenters. The number of amides is 2. The summed E-state index contributed by atoms with van der Waals surface area (Å²) in [5, 5.41) is 15.1. The van der Waals surface area contributed by atoms with Gasteiger partial charge in [-0.1, -0.05) is 18.2 Å². The largest absolute Gasteiger partial charge is 0.586 e. The molecule has 2 aromatic carbocycles. The standard InChI is InChI=1S/C17H16F2N2O5/c1-24-13-5-3-2-4-11(13)12(22)9-20-16(23)21-10-6-7-14-15(8-10)26-17(18,19)25-14/h2-8,12,22H,9H2,1H3,(H2,20,21,23)/t12-/m1/s1. The van der Waals surface area contributed by atoms with Crippen LogP contribution in [0, 0.1) is 0 Å². The number of alkyl halides is 2. The molecule has 2 aromatic rings. The number of aliphatic hydroxyl groups excluding tert-OH is 1. The van der Waals surface area contributed by atoms with E-state index in [1.165, 1.54) is 25.3 Å². The number of carbonyl (C=O) groups is 1. The van der Waals surface area contributed by atoms with Crippen molar-refractivity contribution in [3.63, 3.8) is 0 Å². The van der Waals surface area contributed by atoms with E-state index in [9.17, 15) is 18.7 Å². The van der Waals surface area contributed by atoms with Gasteiger partial charge < -0.3 is 30.0 Å². The molecule has 0 unspecified atom stereocenters. The molecule has 0 radical (unpaired) electrons. The summed E-state index contributed by atoms with van der Waals surface area (Å²) < 4.78 is 39.7. The van der Waals surface area contributed by atoms with E-state index in [2.05, 4.69) is 20.1 Å². The number of anilines is 1. The molecule has 3 rings (SSSR count). The van der Waals surface area contributed by atoms with Crippen molar-refractivity contribution in [2.75, 3.05) is 19.0 Å². The first-order chi connectivity index (χ1) is 12.4. The van der Waals surface area contributed by atoms with Crippen LogP contribution in [0.15, 0.2) is 42.5 Å². The lowest BCUT2D eigenvalue weighted by Crippen LogP contribution is -2.32. The number of aliphatic hydroxyl groups is 1. The highest BCUT2D eigenvalue weighted by molar-refractivity contribution is 5.89. The fourth-order valence-corrected chi connectivity index (χ4v) is 2.44. The van der Waals surface area contributed by atoms with Crippen LogP contribution in [0.2, 0.25) is 0 Å². The van der Waals surface area contributed by atoms with Gasteiger partial charge in [0, 0.05) is 23.9 Å². The van der Waals surface area contributed by atoms with Crippen molar-refractivity contribution in [2.45, 2.75) is 12.4 Å². The second-order valence-corrected chi connectivity index (χ2v) is 5.42. The second-order valence-electron chi connectivity index (χ2n) is 5.42. The molecular weight excluding hydrogens is 350 g/mol. The van der Waals surface area contributed by atoms with Crippen molar-refractivity contribution in [2.24, 2.45) is 0 Å². The maximum Gasteiger partial charge on any atom is 0.586 e. The summed E-state index contributed by atoms with van der Waals surface area (Å²) >= 11 is 0. The molecule has 1 heterocycles. The molecule has 138 valence electrons. The lowest BCUT2D eigenvalue weighted by Gasteiger charge is -2.15. The Morgan fingerprint density at radius 2 is 1.96 bits per heavy atom. The molecule has 1 aliphatic rings. The Hall–Kier alpha value is -3.07. The molecule has 0 aromatic heterocycles. The predicted octanol–water partition coefficient (Wildman–Crippen LogP) is 2.87. The summed E-state index contributed by atoms with van der Waals surface area (Å²) in [5.74, 6) is 0.202. The van der Waals surface area contributed by atoms with E-state index in [1.54, 1.807) is 24.3 Å². The number of rotatable bonds is 5. The van der Waals surface area contributed by atoms with Crippen LogP contribution in [0.3, 0.4) is 0 Å². The Morgan fingerprint density at radius 3 is 2.73 bits per heavy atom. The maximum absolute atomic E-state index is 13.0. The van der Waals surface area contributed by atoms with Crippen LogP contribution in [-0.4, -0.2) is 31.1 Å². The summed E-state index contributed by atoms with van der Waals surface area (Å²) in [6.07, 6.45) is -4.70. The fraction of sp³-hybridized carbons (Fsp3) is 0.235. The highest BCUT2D eigenvalue weighted by Gasteiger charge is 2.43. The number of methoxy groups -OCH3 is 1. The van der Waals surface area contributed by atoms with Crippen LogP contribution in [0.1, 0.15) is 11.7 Å². The topological polar surface area (TPSA) is 89.1 Å². The molecule has 0 aliphatic carbocycles. The molecule has 0 saturated carbocycles. The zero-order valence-corrected chi connectivity index (χ0v) is 13.7. The first-order valence-electron chi connectivity index (χ1n) is 7.64. The number of para-hydroxylation sites is 1. The number of carbonyl (C=O) groups excluding carboxylic acids is 1. The van der Waals surface area contributed by atoms with Gasteiger partial charge in [0.25, 0.3) is 0 Å². The molecule has 0 spiro atoms. The Morgan fingerprint density at radius 1 is 1.23 bits per heavy atom. The number of fused-ring (bicyclic) bond motifs is 1. The SMILES string of the molecule is COc1ccccc1[C@H](O)CNC(=O)Nc1ccc2c(c1)OC(F)(F)O2. The van der Waals surface area contributed by atoms with Gasteiger partial charge >= 0.3 is 12.3 Å². The number of hydrogen-bond acceptors (Lipinski definition) is 5. The van der Waals surface area contributed by atoms with Crippen LogP contribution in [0.5, 0.6) is 17.2 Å². The number of nitrogens with one attached hydrogen (secondary N) is 2. The predicted molar refractivity (Wildman–Crippen MR) is 87.6 cm³/mol. The third-order valence-corrected chi connectivity index (χ3v) is 3.61. The van der Waals surface area contributed by atoms with Gasteiger partial charge in [0.05, 0.1) is 13.2 Å². The molecule has 0 fully saturated rings. The summed E-state index contributed by atoms with van der Waals surface area (Å²) in [5.41, 5.74) is 0.759. The van der Waals surface area contributed by atoms with Crippen molar-refractivity contribution in [3.8, 4) is 17.2 Å². The number of halogens is 2. The molecule has 2 amide bonds. The van der Waals surface area contributed by atoms with Gasteiger partial charge in [-0.25, -0.2) is 4.79 Å². The minimum Gasteiger partial charge on any atom is -0.496 e. The number of urea groups is 1. The van der Waals surface area contributed by atoms with E-state index in [0.29, 0.717) is 11.3 Å². The van der Waals surface area contributed by atoms with Gasteiger partial charge in [-0.05, 0) is 18.2 Å². The van der Waals surface area contributed by atoms with E-state index in [1.807, 2.05) is 0 Å². The van der Waals surface area contributed by atoms with Gasteiger partial charge in [-0.3, -0.25) is 0 Å². The average Bonchev–Trinajstić information content (AvgIpc) is 2.92. The zero-order chi connectivity index (χ0) is 18.7. The first-order valence-corrected chi connectivity index (χ1v) is 7.64. The van der Waals surface area contributed by atoms with Crippen LogP contribution < -0.4 is 24.8 Å². The minimum absolute atomic E-state index is 0.0746. The third kappa shape index (κ3) is 3.94. The maximum atomic E-state index is 13.0. The molecule has 26 heavy (non-hydrogen) atoms. The van der Waals surface area contributed by atoms with Gasteiger partial charge in [-0.15, -0.1) is 8.78 Å². The molecule has 0 saturated heterocycles. The minimum atomic E-state index is -3.72. The van der Waals surface area contributed by atoms with Crippen molar-refractivity contribution < 1.29 is 32.9 Å². The number of benzene rings is 2. The van der Waals surface area contributed by atoms with Gasteiger partial charge in [0.2, 0.25) is 0 Å². The Labute approximate surface area is 147 Å². The number of hydrogen-bond donors (Lipinski definition) is 3. The monoisotopic (exact) mass is 366 g/mol. The highest BCUT2D eigenvalue weighted by atomic mass is 19.3.